The highest BCUT2D eigenvalue weighted by atomic mass is 32.2. The molecule has 0 spiro atoms. The van der Waals surface area contributed by atoms with E-state index in [-0.39, 0.29) is 0 Å². The van der Waals surface area contributed by atoms with Gasteiger partial charge in [0.05, 0.1) is 12.7 Å². The van der Waals surface area contributed by atoms with Crippen molar-refractivity contribution >= 4 is 23.1 Å². The number of likely N-dealkylation sites (N-methyl/N-ethyl adjacent to an activating group) is 1. The van der Waals surface area contributed by atoms with Crippen molar-refractivity contribution < 1.29 is 4.74 Å². The van der Waals surface area contributed by atoms with Gasteiger partial charge >= 0.3 is 0 Å². The molecule has 96 valence electrons. The zero-order valence-electron chi connectivity index (χ0n) is 10.4. The first kappa shape index (κ1) is 13.4. The van der Waals surface area contributed by atoms with Crippen LogP contribution in [-0.4, -0.2) is 36.8 Å². The van der Waals surface area contributed by atoms with E-state index >= 15 is 0 Å². The van der Waals surface area contributed by atoms with Crippen LogP contribution in [0, 0.1) is 0 Å². The molecular weight excluding hydrogens is 250 g/mol. The molecule has 0 aromatic carbocycles. The van der Waals surface area contributed by atoms with Gasteiger partial charge in [-0.1, -0.05) is 13.0 Å². The normalized spacial score (nSPS) is 22.5. The fourth-order valence-electron chi connectivity index (χ4n) is 2.17. The first-order valence-electron chi connectivity index (χ1n) is 6.35. The maximum absolute atomic E-state index is 5.88. The summed E-state index contributed by atoms with van der Waals surface area (Å²) in [4.78, 5) is 1.48. The highest BCUT2D eigenvalue weighted by Crippen LogP contribution is 2.19. The lowest BCUT2D eigenvalue weighted by Crippen LogP contribution is -2.45. The number of hydrogen-bond acceptors (Lipinski definition) is 4. The van der Waals surface area contributed by atoms with Gasteiger partial charge in [0.15, 0.2) is 0 Å². The molecule has 2 heterocycles. The van der Waals surface area contributed by atoms with Crippen LogP contribution in [0.2, 0.25) is 0 Å². The molecule has 1 aliphatic heterocycles. The Morgan fingerprint density at radius 3 is 3.18 bits per heavy atom. The van der Waals surface area contributed by atoms with E-state index in [2.05, 4.69) is 29.8 Å². The second-order valence-corrected chi connectivity index (χ2v) is 6.45. The summed E-state index contributed by atoms with van der Waals surface area (Å²) in [6.45, 7) is 4.12. The third kappa shape index (κ3) is 4.28. The molecule has 1 saturated heterocycles. The number of aryl methyl sites for hydroxylation is 1. The van der Waals surface area contributed by atoms with E-state index in [0.29, 0.717) is 12.1 Å². The summed E-state index contributed by atoms with van der Waals surface area (Å²) in [5, 5.41) is 5.74. The topological polar surface area (TPSA) is 21.3 Å². The van der Waals surface area contributed by atoms with Crippen LogP contribution in [0.4, 0.5) is 0 Å². The van der Waals surface area contributed by atoms with Crippen molar-refractivity contribution in [2.24, 2.45) is 0 Å². The number of rotatable bonds is 6. The second-order valence-electron chi connectivity index (χ2n) is 4.27. The summed E-state index contributed by atoms with van der Waals surface area (Å²) in [6, 6.07) is 4.87. The Balaban J connectivity index is 1.82. The Kier molecular flexibility index (Phi) is 5.85. The highest BCUT2D eigenvalue weighted by molar-refractivity contribution is 7.99. The molecule has 2 rings (SSSR count). The first-order valence-corrected chi connectivity index (χ1v) is 8.38. The van der Waals surface area contributed by atoms with Gasteiger partial charge in [-0.2, -0.15) is 11.8 Å². The summed E-state index contributed by atoms with van der Waals surface area (Å²) in [7, 11) is 0. The lowest BCUT2D eigenvalue weighted by molar-refractivity contribution is 0.0454. The molecule has 0 aliphatic carbocycles. The predicted molar refractivity (Wildman–Crippen MR) is 77.2 cm³/mol. The molecule has 2 nitrogen and oxygen atoms in total. The molecule has 0 radical (unpaired) electrons. The van der Waals surface area contributed by atoms with Gasteiger partial charge in [-0.25, -0.2) is 0 Å². The van der Waals surface area contributed by atoms with Gasteiger partial charge in [0.25, 0.3) is 0 Å². The van der Waals surface area contributed by atoms with E-state index in [1.807, 2.05) is 23.1 Å². The number of nitrogens with one attached hydrogen (secondary N) is 1. The minimum atomic E-state index is 0.397. The molecule has 4 heteroatoms. The highest BCUT2D eigenvalue weighted by Gasteiger charge is 2.23. The Hall–Kier alpha value is -0.0300. The zero-order chi connectivity index (χ0) is 11.9. The van der Waals surface area contributed by atoms with Gasteiger partial charge in [0.2, 0.25) is 0 Å². The monoisotopic (exact) mass is 271 g/mol. The molecule has 1 aromatic heterocycles. The Morgan fingerprint density at radius 1 is 1.59 bits per heavy atom. The van der Waals surface area contributed by atoms with Crippen LogP contribution in [0.15, 0.2) is 17.5 Å². The number of thiophene rings is 1. The summed E-state index contributed by atoms with van der Waals surface area (Å²) >= 11 is 3.87. The number of thioether (sulfide) groups is 1. The van der Waals surface area contributed by atoms with Gasteiger partial charge < -0.3 is 10.1 Å². The maximum Gasteiger partial charge on any atom is 0.0818 e. The lowest BCUT2D eigenvalue weighted by atomic mass is 10.1. The van der Waals surface area contributed by atoms with Crippen LogP contribution in [0.25, 0.3) is 0 Å². The minimum Gasteiger partial charge on any atom is -0.375 e. The Labute approximate surface area is 112 Å². The largest absolute Gasteiger partial charge is 0.375 e. The maximum atomic E-state index is 5.88. The van der Waals surface area contributed by atoms with E-state index in [9.17, 15) is 0 Å². The molecule has 0 saturated carbocycles. The molecule has 0 bridgehead atoms. The molecule has 0 amide bonds. The third-order valence-electron chi connectivity index (χ3n) is 3.04. The first-order chi connectivity index (χ1) is 8.40. The van der Waals surface area contributed by atoms with Crippen molar-refractivity contribution in [2.75, 3.05) is 24.7 Å². The van der Waals surface area contributed by atoms with Crippen molar-refractivity contribution in [2.45, 2.75) is 31.9 Å². The van der Waals surface area contributed by atoms with E-state index in [1.54, 1.807) is 0 Å². The van der Waals surface area contributed by atoms with Crippen LogP contribution in [0.5, 0.6) is 0 Å². The minimum absolute atomic E-state index is 0.397. The lowest BCUT2D eigenvalue weighted by Gasteiger charge is -2.30. The van der Waals surface area contributed by atoms with Gasteiger partial charge in [0, 0.05) is 22.4 Å². The van der Waals surface area contributed by atoms with Crippen LogP contribution >= 0.6 is 23.1 Å². The van der Waals surface area contributed by atoms with Crippen LogP contribution < -0.4 is 5.32 Å². The summed E-state index contributed by atoms with van der Waals surface area (Å²) in [5.41, 5.74) is 0. The molecular formula is C13H21NOS2. The molecule has 1 fully saturated rings. The zero-order valence-corrected chi connectivity index (χ0v) is 12.0. The van der Waals surface area contributed by atoms with E-state index in [1.165, 1.54) is 17.7 Å². The average Bonchev–Trinajstić information content (AvgIpc) is 2.88. The van der Waals surface area contributed by atoms with Gasteiger partial charge in [-0.05, 0) is 30.8 Å². The fraction of sp³-hybridized carbons (Fsp3) is 0.692. The SMILES string of the molecule is CCNC(CCc1cccs1)C1CSCCO1. The predicted octanol–water partition coefficient (Wildman–Crippen LogP) is 2.79. The average molecular weight is 271 g/mol. The smallest absolute Gasteiger partial charge is 0.0818 e. The molecule has 1 aromatic rings. The molecule has 1 aliphatic rings. The van der Waals surface area contributed by atoms with Crippen LogP contribution in [0.3, 0.4) is 0 Å². The quantitative estimate of drug-likeness (QED) is 0.859. The van der Waals surface area contributed by atoms with Gasteiger partial charge in [-0.15, -0.1) is 11.3 Å². The molecule has 2 unspecified atom stereocenters. The standard InChI is InChI=1S/C13H21NOS2/c1-2-14-12(13-10-16-9-7-15-13)6-5-11-4-3-8-17-11/h3-4,8,12-14H,2,5-7,9-10H2,1H3. The third-order valence-corrected chi connectivity index (χ3v) is 4.99. The van der Waals surface area contributed by atoms with Crippen molar-refractivity contribution in [3.63, 3.8) is 0 Å². The van der Waals surface area contributed by atoms with Crippen molar-refractivity contribution in [3.05, 3.63) is 22.4 Å². The Morgan fingerprint density at radius 2 is 2.53 bits per heavy atom. The number of hydrogen-bond donors (Lipinski definition) is 1. The summed E-state index contributed by atoms with van der Waals surface area (Å²) in [6.07, 6.45) is 2.74. The fourth-order valence-corrected chi connectivity index (χ4v) is 3.84. The van der Waals surface area contributed by atoms with E-state index < -0.39 is 0 Å². The van der Waals surface area contributed by atoms with Gasteiger partial charge in [0.1, 0.15) is 0 Å². The number of ether oxygens (including phenoxy) is 1. The van der Waals surface area contributed by atoms with Crippen LogP contribution in [0.1, 0.15) is 18.2 Å². The van der Waals surface area contributed by atoms with E-state index in [4.69, 9.17) is 4.74 Å². The summed E-state index contributed by atoms with van der Waals surface area (Å²) < 4.78 is 5.88. The summed E-state index contributed by atoms with van der Waals surface area (Å²) in [5.74, 6) is 2.29. The second kappa shape index (κ2) is 7.41. The molecule has 2 atom stereocenters. The van der Waals surface area contributed by atoms with Crippen molar-refractivity contribution in [1.29, 1.82) is 0 Å². The van der Waals surface area contributed by atoms with E-state index in [0.717, 1.165) is 24.7 Å². The van der Waals surface area contributed by atoms with Gasteiger partial charge in [-0.3, -0.25) is 0 Å². The van der Waals surface area contributed by atoms with Crippen LogP contribution in [-0.2, 0) is 11.2 Å². The van der Waals surface area contributed by atoms with Crippen molar-refractivity contribution in [3.8, 4) is 0 Å². The Bertz CT molecular complexity index is 296. The van der Waals surface area contributed by atoms with Crippen molar-refractivity contribution in [1.82, 2.24) is 5.32 Å². The molecule has 1 N–H and O–H groups in total. The molecule has 17 heavy (non-hydrogen) atoms.